The van der Waals surface area contributed by atoms with Gasteiger partial charge in [-0.1, -0.05) is 54.6 Å². The normalized spacial score (nSPS) is 12.8. The van der Waals surface area contributed by atoms with Gasteiger partial charge in [-0.15, -0.1) is 0 Å². The zero-order valence-corrected chi connectivity index (χ0v) is 15.1. The van der Waals surface area contributed by atoms with Crippen LogP contribution in [0.25, 0.3) is 0 Å². The van der Waals surface area contributed by atoms with Crippen molar-refractivity contribution in [3.8, 4) is 0 Å². The highest BCUT2D eigenvalue weighted by molar-refractivity contribution is 6.35. The van der Waals surface area contributed by atoms with E-state index in [0.717, 1.165) is 10.5 Å². The lowest BCUT2D eigenvalue weighted by atomic mass is 10.1. The molecule has 28 heavy (non-hydrogen) atoms. The Labute approximate surface area is 162 Å². The number of para-hydroxylation sites is 1. The van der Waals surface area contributed by atoms with Crippen LogP contribution in [0.2, 0.25) is 0 Å². The molecule has 0 atom stereocenters. The summed E-state index contributed by atoms with van der Waals surface area (Å²) >= 11 is 0. The standard InChI is InChI=1S/C23H18N2O3/c26-21(24-15-14-16-8-2-1-3-9-16)19-12-6-7-13-20(19)25-22(27)17-10-4-5-11-18(17)23(25)28/h1-13H,14-15H2,(H,24,26). The van der Waals surface area contributed by atoms with Crippen LogP contribution in [0.15, 0.2) is 78.9 Å². The van der Waals surface area contributed by atoms with Crippen LogP contribution in [-0.2, 0) is 6.42 Å². The fourth-order valence-corrected chi connectivity index (χ4v) is 3.33. The van der Waals surface area contributed by atoms with Crippen LogP contribution < -0.4 is 10.2 Å². The molecule has 0 spiro atoms. The predicted octanol–water partition coefficient (Wildman–Crippen LogP) is 3.46. The third-order valence-electron chi connectivity index (χ3n) is 4.73. The van der Waals surface area contributed by atoms with Crippen molar-refractivity contribution >= 4 is 23.4 Å². The number of hydrogen-bond donors (Lipinski definition) is 1. The summed E-state index contributed by atoms with van der Waals surface area (Å²) in [6.45, 7) is 0.458. The topological polar surface area (TPSA) is 66.5 Å². The molecule has 3 aromatic rings. The average Bonchev–Trinajstić information content (AvgIpc) is 2.99. The summed E-state index contributed by atoms with van der Waals surface area (Å²) in [6, 6.07) is 23.2. The Morgan fingerprint density at radius 3 is 2.00 bits per heavy atom. The Morgan fingerprint density at radius 1 is 0.750 bits per heavy atom. The maximum atomic E-state index is 12.8. The maximum Gasteiger partial charge on any atom is 0.266 e. The maximum absolute atomic E-state index is 12.8. The first-order chi connectivity index (χ1) is 13.7. The van der Waals surface area contributed by atoms with Gasteiger partial charge in [-0.3, -0.25) is 14.4 Å². The first-order valence-electron chi connectivity index (χ1n) is 9.06. The van der Waals surface area contributed by atoms with Crippen LogP contribution in [0.5, 0.6) is 0 Å². The van der Waals surface area contributed by atoms with Crippen molar-refractivity contribution in [1.29, 1.82) is 0 Å². The van der Waals surface area contributed by atoms with E-state index in [1.165, 1.54) is 0 Å². The second-order valence-corrected chi connectivity index (χ2v) is 6.50. The Kier molecular flexibility index (Phi) is 4.72. The Bertz CT molecular complexity index is 1030. The Morgan fingerprint density at radius 2 is 1.32 bits per heavy atom. The lowest BCUT2D eigenvalue weighted by molar-refractivity contribution is 0.0926. The van der Waals surface area contributed by atoms with E-state index in [4.69, 9.17) is 0 Å². The molecule has 0 unspecified atom stereocenters. The van der Waals surface area contributed by atoms with Gasteiger partial charge < -0.3 is 5.32 Å². The van der Waals surface area contributed by atoms with Crippen molar-refractivity contribution in [2.45, 2.75) is 6.42 Å². The molecule has 0 aliphatic carbocycles. The van der Waals surface area contributed by atoms with E-state index in [2.05, 4.69) is 5.32 Å². The number of imide groups is 1. The molecule has 138 valence electrons. The second kappa shape index (κ2) is 7.48. The van der Waals surface area contributed by atoms with Crippen molar-refractivity contribution in [3.05, 3.63) is 101 Å². The van der Waals surface area contributed by atoms with Crippen LogP contribution in [0.4, 0.5) is 5.69 Å². The highest BCUT2D eigenvalue weighted by Crippen LogP contribution is 2.30. The molecule has 0 fully saturated rings. The first-order valence-corrected chi connectivity index (χ1v) is 9.06. The van der Waals surface area contributed by atoms with Crippen LogP contribution in [0.3, 0.4) is 0 Å². The molecule has 1 aliphatic rings. The zero-order chi connectivity index (χ0) is 19.5. The summed E-state index contributed by atoms with van der Waals surface area (Å²) in [7, 11) is 0. The van der Waals surface area contributed by atoms with Gasteiger partial charge in [0.15, 0.2) is 0 Å². The summed E-state index contributed by atoms with van der Waals surface area (Å²) in [4.78, 5) is 39.3. The van der Waals surface area contributed by atoms with E-state index < -0.39 is 11.8 Å². The van der Waals surface area contributed by atoms with Crippen molar-refractivity contribution in [2.24, 2.45) is 0 Å². The van der Waals surface area contributed by atoms with Crippen LogP contribution >= 0.6 is 0 Å². The molecule has 0 aromatic heterocycles. The number of anilines is 1. The lowest BCUT2D eigenvalue weighted by Gasteiger charge is -2.18. The SMILES string of the molecule is O=C(NCCc1ccccc1)c1ccccc1N1C(=O)c2ccccc2C1=O. The minimum absolute atomic E-state index is 0.296. The van der Waals surface area contributed by atoms with Gasteiger partial charge in [-0.2, -0.15) is 0 Å². The largest absolute Gasteiger partial charge is 0.352 e. The fourth-order valence-electron chi connectivity index (χ4n) is 3.33. The van der Waals surface area contributed by atoms with Gasteiger partial charge in [0, 0.05) is 6.54 Å². The molecule has 5 nitrogen and oxygen atoms in total. The number of carbonyl (C=O) groups excluding carboxylic acids is 3. The van der Waals surface area contributed by atoms with E-state index in [0.29, 0.717) is 35.3 Å². The van der Waals surface area contributed by atoms with Crippen molar-refractivity contribution in [2.75, 3.05) is 11.4 Å². The van der Waals surface area contributed by atoms with Crippen molar-refractivity contribution < 1.29 is 14.4 Å². The van der Waals surface area contributed by atoms with Gasteiger partial charge in [-0.05, 0) is 36.2 Å². The molecular weight excluding hydrogens is 352 g/mol. The van der Waals surface area contributed by atoms with Gasteiger partial charge in [0.2, 0.25) is 0 Å². The number of nitrogens with zero attached hydrogens (tertiary/aromatic N) is 1. The molecule has 0 radical (unpaired) electrons. The summed E-state index contributed by atoms with van der Waals surface area (Å²) in [5, 5.41) is 2.87. The molecule has 1 heterocycles. The molecule has 4 rings (SSSR count). The minimum atomic E-state index is -0.412. The molecule has 0 bridgehead atoms. The van der Waals surface area contributed by atoms with Gasteiger partial charge in [0.25, 0.3) is 17.7 Å². The van der Waals surface area contributed by atoms with Gasteiger partial charge >= 0.3 is 0 Å². The Balaban J connectivity index is 1.55. The fraction of sp³-hybridized carbons (Fsp3) is 0.0870. The van der Waals surface area contributed by atoms with E-state index in [1.807, 2.05) is 30.3 Å². The van der Waals surface area contributed by atoms with E-state index in [-0.39, 0.29) is 5.91 Å². The summed E-state index contributed by atoms with van der Waals surface area (Å²) in [6.07, 6.45) is 0.696. The van der Waals surface area contributed by atoms with Crippen molar-refractivity contribution in [3.63, 3.8) is 0 Å². The van der Waals surface area contributed by atoms with E-state index in [1.54, 1.807) is 48.5 Å². The number of rotatable bonds is 5. The monoisotopic (exact) mass is 370 g/mol. The smallest absolute Gasteiger partial charge is 0.266 e. The van der Waals surface area contributed by atoms with Crippen molar-refractivity contribution in [1.82, 2.24) is 5.32 Å². The van der Waals surface area contributed by atoms with E-state index >= 15 is 0 Å². The second-order valence-electron chi connectivity index (χ2n) is 6.50. The molecular formula is C23H18N2O3. The number of fused-ring (bicyclic) bond motifs is 1. The van der Waals surface area contributed by atoms with Gasteiger partial charge in [0.1, 0.15) is 0 Å². The molecule has 0 saturated heterocycles. The first kappa shape index (κ1) is 17.7. The van der Waals surface area contributed by atoms with Crippen LogP contribution in [0.1, 0.15) is 36.6 Å². The number of hydrogen-bond acceptors (Lipinski definition) is 3. The zero-order valence-electron chi connectivity index (χ0n) is 15.1. The predicted molar refractivity (Wildman–Crippen MR) is 107 cm³/mol. The molecule has 1 aliphatic heterocycles. The average molecular weight is 370 g/mol. The number of benzene rings is 3. The molecule has 3 aromatic carbocycles. The highest BCUT2D eigenvalue weighted by Gasteiger charge is 2.37. The number of nitrogens with one attached hydrogen (secondary N) is 1. The third kappa shape index (κ3) is 3.18. The number of amides is 3. The Hall–Kier alpha value is -3.73. The van der Waals surface area contributed by atoms with Gasteiger partial charge in [0.05, 0.1) is 22.4 Å². The summed E-state index contributed by atoms with van der Waals surface area (Å²) in [5.74, 6) is -1.14. The van der Waals surface area contributed by atoms with Crippen LogP contribution in [-0.4, -0.2) is 24.3 Å². The van der Waals surface area contributed by atoms with E-state index in [9.17, 15) is 14.4 Å². The molecule has 0 saturated carbocycles. The molecule has 3 amide bonds. The number of carbonyl (C=O) groups is 3. The summed E-state index contributed by atoms with van der Waals surface area (Å²) in [5.41, 5.74) is 2.42. The van der Waals surface area contributed by atoms with Gasteiger partial charge in [-0.25, -0.2) is 4.90 Å². The molecule has 1 N–H and O–H groups in total. The van der Waals surface area contributed by atoms with Crippen LogP contribution in [0, 0.1) is 0 Å². The quantitative estimate of drug-likeness (QED) is 0.700. The minimum Gasteiger partial charge on any atom is -0.352 e. The molecule has 5 heteroatoms. The summed E-state index contributed by atoms with van der Waals surface area (Å²) < 4.78 is 0. The lowest BCUT2D eigenvalue weighted by Crippen LogP contribution is -2.33. The highest BCUT2D eigenvalue weighted by atomic mass is 16.2. The third-order valence-corrected chi connectivity index (χ3v) is 4.73.